The zero-order chi connectivity index (χ0) is 15.5. The summed E-state index contributed by atoms with van der Waals surface area (Å²) in [4.78, 5) is 20.8. The molecule has 1 aromatic heterocycles. The van der Waals surface area contributed by atoms with Crippen molar-refractivity contribution in [1.82, 2.24) is 14.7 Å². The van der Waals surface area contributed by atoms with E-state index in [0.29, 0.717) is 0 Å². The van der Waals surface area contributed by atoms with Crippen molar-refractivity contribution in [1.29, 1.82) is 0 Å². The summed E-state index contributed by atoms with van der Waals surface area (Å²) in [7, 11) is 0. The standard InChI is InChI=1S/C16H25N3O2S/c1-13(18-7-5-17(6-8-18)9-10-20)16(21)19-4-2-15-14(12-19)3-11-22-15/h3,11,13,20H,2,4-10,12H2,1H3. The second-order valence-corrected chi connectivity index (χ2v) is 7.16. The van der Waals surface area contributed by atoms with Crippen molar-refractivity contribution >= 4 is 17.2 Å². The third-order valence-corrected chi connectivity index (χ3v) is 5.87. The van der Waals surface area contributed by atoms with Gasteiger partial charge in [-0.05, 0) is 30.4 Å². The number of fused-ring (bicyclic) bond motifs is 1. The third kappa shape index (κ3) is 3.35. The predicted octanol–water partition coefficient (Wildman–Crippen LogP) is 0.631. The maximum Gasteiger partial charge on any atom is 0.239 e. The SMILES string of the molecule is CC(C(=O)N1CCc2sccc2C1)N1CCN(CCO)CC1. The molecule has 0 aromatic carbocycles. The van der Waals surface area contributed by atoms with Crippen molar-refractivity contribution in [3.05, 3.63) is 21.9 Å². The van der Waals surface area contributed by atoms with E-state index in [1.807, 2.05) is 11.8 Å². The van der Waals surface area contributed by atoms with Crippen LogP contribution in [0.3, 0.4) is 0 Å². The van der Waals surface area contributed by atoms with E-state index in [9.17, 15) is 4.79 Å². The lowest BCUT2D eigenvalue weighted by Gasteiger charge is -2.39. The Bertz CT molecular complexity index is 511. The summed E-state index contributed by atoms with van der Waals surface area (Å²) in [6.07, 6.45) is 0.996. The smallest absolute Gasteiger partial charge is 0.239 e. The van der Waals surface area contributed by atoms with Gasteiger partial charge in [-0.2, -0.15) is 0 Å². The molecule has 0 saturated carbocycles. The van der Waals surface area contributed by atoms with Crippen LogP contribution in [0.2, 0.25) is 0 Å². The fraction of sp³-hybridized carbons (Fsp3) is 0.688. The Labute approximate surface area is 136 Å². The number of carbonyl (C=O) groups excluding carboxylic acids is 1. The number of aliphatic hydroxyl groups is 1. The van der Waals surface area contributed by atoms with Crippen LogP contribution in [0, 0.1) is 0 Å². The van der Waals surface area contributed by atoms with Gasteiger partial charge in [0.1, 0.15) is 0 Å². The fourth-order valence-electron chi connectivity index (χ4n) is 3.37. The van der Waals surface area contributed by atoms with Gasteiger partial charge in [0.25, 0.3) is 0 Å². The summed E-state index contributed by atoms with van der Waals surface area (Å²) in [6, 6.07) is 2.11. The number of carbonyl (C=O) groups is 1. The number of β-amino-alcohol motifs (C(OH)–C–C–N with tert-alkyl or cyclic N) is 1. The van der Waals surface area contributed by atoms with Gasteiger partial charge in [-0.1, -0.05) is 0 Å². The van der Waals surface area contributed by atoms with Gasteiger partial charge in [0, 0.05) is 50.7 Å². The van der Waals surface area contributed by atoms with Crippen molar-refractivity contribution in [2.45, 2.75) is 25.9 Å². The second-order valence-electron chi connectivity index (χ2n) is 6.16. The highest BCUT2D eigenvalue weighted by Crippen LogP contribution is 2.24. The normalized spacial score (nSPS) is 21.6. The van der Waals surface area contributed by atoms with Crippen LogP contribution in [0.15, 0.2) is 11.4 Å². The summed E-state index contributed by atoms with van der Waals surface area (Å²) in [5.41, 5.74) is 1.32. The van der Waals surface area contributed by atoms with Crippen LogP contribution >= 0.6 is 11.3 Å². The first kappa shape index (κ1) is 15.9. The third-order valence-electron chi connectivity index (χ3n) is 4.85. The molecule has 3 rings (SSSR count). The van der Waals surface area contributed by atoms with Gasteiger partial charge in [0.15, 0.2) is 0 Å². The number of amides is 1. The van der Waals surface area contributed by atoms with E-state index in [0.717, 1.165) is 52.2 Å². The van der Waals surface area contributed by atoms with E-state index in [4.69, 9.17) is 5.11 Å². The number of nitrogens with zero attached hydrogens (tertiary/aromatic N) is 3. The van der Waals surface area contributed by atoms with Gasteiger partial charge >= 0.3 is 0 Å². The molecule has 3 heterocycles. The van der Waals surface area contributed by atoms with Crippen molar-refractivity contribution in [2.75, 3.05) is 45.9 Å². The first-order valence-corrected chi connectivity index (χ1v) is 8.98. The molecular weight excluding hydrogens is 298 g/mol. The Balaban J connectivity index is 1.54. The molecule has 122 valence electrons. The molecule has 2 aliphatic heterocycles. The summed E-state index contributed by atoms with van der Waals surface area (Å²) in [6.45, 7) is 8.30. The molecule has 1 unspecified atom stereocenters. The highest BCUT2D eigenvalue weighted by molar-refractivity contribution is 7.10. The molecular formula is C16H25N3O2S. The quantitative estimate of drug-likeness (QED) is 0.883. The predicted molar refractivity (Wildman–Crippen MR) is 88.0 cm³/mol. The number of piperazine rings is 1. The van der Waals surface area contributed by atoms with Crippen molar-refractivity contribution in [2.24, 2.45) is 0 Å². The van der Waals surface area contributed by atoms with Crippen LogP contribution in [0.25, 0.3) is 0 Å². The minimum atomic E-state index is -0.0449. The van der Waals surface area contributed by atoms with Gasteiger partial charge in [-0.3, -0.25) is 14.6 Å². The Kier molecular flexibility index (Phi) is 5.13. The molecule has 0 spiro atoms. The maximum atomic E-state index is 12.8. The van der Waals surface area contributed by atoms with Crippen LogP contribution in [0.1, 0.15) is 17.4 Å². The highest BCUT2D eigenvalue weighted by atomic mass is 32.1. The highest BCUT2D eigenvalue weighted by Gasteiger charge is 2.30. The number of hydrogen-bond donors (Lipinski definition) is 1. The van der Waals surface area contributed by atoms with Crippen molar-refractivity contribution in [3.63, 3.8) is 0 Å². The average Bonchev–Trinajstić information content (AvgIpc) is 3.02. The van der Waals surface area contributed by atoms with E-state index in [-0.39, 0.29) is 18.6 Å². The minimum absolute atomic E-state index is 0.0449. The van der Waals surface area contributed by atoms with E-state index >= 15 is 0 Å². The molecule has 6 heteroatoms. The van der Waals surface area contributed by atoms with Crippen molar-refractivity contribution < 1.29 is 9.90 Å². The lowest BCUT2D eigenvalue weighted by atomic mass is 10.1. The number of thiophene rings is 1. The van der Waals surface area contributed by atoms with Gasteiger partial charge in [-0.25, -0.2) is 0 Å². The average molecular weight is 323 g/mol. The van der Waals surface area contributed by atoms with Gasteiger partial charge in [0.05, 0.1) is 12.6 Å². The maximum absolute atomic E-state index is 12.8. The molecule has 1 atom stereocenters. The largest absolute Gasteiger partial charge is 0.395 e. The summed E-state index contributed by atoms with van der Waals surface area (Å²) >= 11 is 1.81. The lowest BCUT2D eigenvalue weighted by Crippen LogP contribution is -2.55. The van der Waals surface area contributed by atoms with Gasteiger partial charge in [-0.15, -0.1) is 11.3 Å². The molecule has 22 heavy (non-hydrogen) atoms. The molecule has 1 saturated heterocycles. The molecule has 0 bridgehead atoms. The molecule has 0 aliphatic carbocycles. The minimum Gasteiger partial charge on any atom is -0.395 e. The molecule has 2 aliphatic rings. The molecule has 1 N–H and O–H groups in total. The molecule has 0 radical (unpaired) electrons. The zero-order valence-corrected chi connectivity index (χ0v) is 14.0. The number of rotatable bonds is 4. The molecule has 1 amide bonds. The van der Waals surface area contributed by atoms with E-state index in [1.165, 1.54) is 10.4 Å². The first-order chi connectivity index (χ1) is 10.7. The first-order valence-electron chi connectivity index (χ1n) is 8.10. The number of aliphatic hydroxyl groups excluding tert-OH is 1. The Morgan fingerprint density at radius 3 is 2.82 bits per heavy atom. The lowest BCUT2D eigenvalue weighted by molar-refractivity contribution is -0.138. The van der Waals surface area contributed by atoms with Gasteiger partial charge < -0.3 is 10.0 Å². The zero-order valence-electron chi connectivity index (χ0n) is 13.2. The van der Waals surface area contributed by atoms with E-state index < -0.39 is 0 Å². The molecule has 1 fully saturated rings. The van der Waals surface area contributed by atoms with Crippen LogP contribution in [-0.4, -0.2) is 77.6 Å². The topological polar surface area (TPSA) is 47.0 Å². The van der Waals surface area contributed by atoms with Gasteiger partial charge in [0.2, 0.25) is 5.91 Å². The Hall–Kier alpha value is -0.950. The molecule has 5 nitrogen and oxygen atoms in total. The van der Waals surface area contributed by atoms with E-state index in [2.05, 4.69) is 21.2 Å². The summed E-state index contributed by atoms with van der Waals surface area (Å²) in [5.74, 6) is 0.257. The second kappa shape index (κ2) is 7.08. The summed E-state index contributed by atoms with van der Waals surface area (Å²) in [5, 5.41) is 11.1. The van der Waals surface area contributed by atoms with Crippen LogP contribution < -0.4 is 0 Å². The summed E-state index contributed by atoms with van der Waals surface area (Å²) < 4.78 is 0. The number of hydrogen-bond acceptors (Lipinski definition) is 5. The fourth-order valence-corrected chi connectivity index (χ4v) is 4.26. The monoisotopic (exact) mass is 323 g/mol. The van der Waals surface area contributed by atoms with Crippen molar-refractivity contribution in [3.8, 4) is 0 Å². The Morgan fingerprint density at radius 1 is 1.32 bits per heavy atom. The van der Waals surface area contributed by atoms with E-state index in [1.54, 1.807) is 11.3 Å². The Morgan fingerprint density at radius 2 is 2.09 bits per heavy atom. The van der Waals surface area contributed by atoms with Crippen LogP contribution in [-0.2, 0) is 17.8 Å². The van der Waals surface area contributed by atoms with Crippen LogP contribution in [0.4, 0.5) is 0 Å². The van der Waals surface area contributed by atoms with Crippen LogP contribution in [0.5, 0.6) is 0 Å². The molecule has 1 aromatic rings.